The molecule has 4 aromatic rings. The molecule has 0 aliphatic rings. The lowest BCUT2D eigenvalue weighted by atomic mass is 10.1. The van der Waals surface area contributed by atoms with Gasteiger partial charge in [0.1, 0.15) is 5.82 Å². The first kappa shape index (κ1) is 21.3. The quantitative estimate of drug-likeness (QED) is 0.336. The second-order valence-electron chi connectivity index (χ2n) is 6.79. The molecule has 31 heavy (non-hydrogen) atoms. The van der Waals surface area contributed by atoms with E-state index in [9.17, 15) is 9.18 Å². The molecule has 4 rings (SSSR count). The maximum Gasteiger partial charge on any atom is 0.256 e. The summed E-state index contributed by atoms with van der Waals surface area (Å²) in [6.45, 7) is 0. The maximum atomic E-state index is 13.0. The molecule has 0 aliphatic heterocycles. The number of carbonyl (C=O) groups is 1. The van der Waals surface area contributed by atoms with E-state index in [1.807, 2.05) is 54.1 Å². The van der Waals surface area contributed by atoms with Gasteiger partial charge < -0.3 is 9.88 Å². The first-order valence-corrected chi connectivity index (χ1v) is 11.2. The van der Waals surface area contributed by atoms with Crippen molar-refractivity contribution in [3.63, 3.8) is 0 Å². The Morgan fingerprint density at radius 3 is 2.45 bits per heavy atom. The van der Waals surface area contributed by atoms with Crippen LogP contribution in [0.3, 0.4) is 0 Å². The highest BCUT2D eigenvalue weighted by Crippen LogP contribution is 2.26. The van der Waals surface area contributed by atoms with Crippen molar-refractivity contribution in [3.05, 3.63) is 94.2 Å². The largest absolute Gasteiger partial charge is 0.322 e. The molecule has 156 valence electrons. The van der Waals surface area contributed by atoms with Crippen LogP contribution in [0.5, 0.6) is 0 Å². The highest BCUT2D eigenvalue weighted by molar-refractivity contribution is 9.10. The summed E-state index contributed by atoms with van der Waals surface area (Å²) in [6, 6.07) is 21.2. The van der Waals surface area contributed by atoms with Gasteiger partial charge in [0.05, 0.1) is 5.56 Å². The van der Waals surface area contributed by atoms with Crippen molar-refractivity contribution in [1.29, 1.82) is 0 Å². The van der Waals surface area contributed by atoms with Crippen LogP contribution in [0, 0.1) is 5.82 Å². The number of carbonyl (C=O) groups excluding carboxylic acids is 1. The number of aromatic nitrogens is 3. The minimum Gasteiger partial charge on any atom is -0.322 e. The normalized spacial score (nSPS) is 10.8. The van der Waals surface area contributed by atoms with Crippen molar-refractivity contribution in [2.75, 3.05) is 5.32 Å². The van der Waals surface area contributed by atoms with E-state index in [2.05, 4.69) is 31.4 Å². The molecule has 0 saturated carbocycles. The summed E-state index contributed by atoms with van der Waals surface area (Å²) in [6.07, 6.45) is 0. The van der Waals surface area contributed by atoms with Crippen molar-refractivity contribution in [3.8, 4) is 11.4 Å². The van der Waals surface area contributed by atoms with Gasteiger partial charge in [-0.2, -0.15) is 0 Å². The third kappa shape index (κ3) is 5.03. The molecule has 1 heterocycles. The Balaban J connectivity index is 1.44. The second kappa shape index (κ2) is 9.45. The Kier molecular flexibility index (Phi) is 6.48. The molecule has 8 heteroatoms. The van der Waals surface area contributed by atoms with E-state index in [4.69, 9.17) is 0 Å². The fraction of sp³-hybridized carbons (Fsp3) is 0.0870. The van der Waals surface area contributed by atoms with Gasteiger partial charge in [-0.1, -0.05) is 36.0 Å². The van der Waals surface area contributed by atoms with Crippen LogP contribution in [0.25, 0.3) is 11.4 Å². The predicted molar refractivity (Wildman–Crippen MR) is 124 cm³/mol. The number of amides is 1. The number of rotatable bonds is 6. The highest BCUT2D eigenvalue weighted by atomic mass is 79.9. The average Bonchev–Trinajstić information content (AvgIpc) is 3.14. The van der Waals surface area contributed by atoms with Gasteiger partial charge in [0, 0.05) is 28.5 Å². The van der Waals surface area contributed by atoms with Crippen LogP contribution in [0.1, 0.15) is 15.9 Å². The number of thioether (sulfide) groups is 1. The first-order chi connectivity index (χ1) is 15.0. The summed E-state index contributed by atoms with van der Waals surface area (Å²) in [5.74, 6) is 0.973. The summed E-state index contributed by atoms with van der Waals surface area (Å²) in [7, 11) is 1.91. The Morgan fingerprint density at radius 2 is 1.74 bits per heavy atom. The minimum atomic E-state index is -0.245. The van der Waals surface area contributed by atoms with Gasteiger partial charge in [-0.3, -0.25) is 4.79 Å². The second-order valence-corrected chi connectivity index (χ2v) is 8.59. The molecule has 0 aliphatic carbocycles. The monoisotopic (exact) mass is 496 g/mol. The molecule has 0 unspecified atom stereocenters. The smallest absolute Gasteiger partial charge is 0.256 e. The predicted octanol–water partition coefficient (Wildman–Crippen LogP) is 5.93. The number of nitrogens with zero attached hydrogens (tertiary/aromatic N) is 3. The number of anilines is 1. The van der Waals surface area contributed by atoms with Gasteiger partial charge in [0.15, 0.2) is 11.0 Å². The van der Waals surface area contributed by atoms with E-state index in [0.717, 1.165) is 26.6 Å². The molecular weight excluding hydrogens is 479 g/mol. The van der Waals surface area contributed by atoms with Crippen molar-refractivity contribution in [1.82, 2.24) is 14.8 Å². The van der Waals surface area contributed by atoms with Crippen molar-refractivity contribution in [2.45, 2.75) is 10.9 Å². The van der Waals surface area contributed by atoms with Crippen molar-refractivity contribution < 1.29 is 9.18 Å². The third-order valence-electron chi connectivity index (χ3n) is 4.64. The van der Waals surface area contributed by atoms with Crippen molar-refractivity contribution in [2.24, 2.45) is 7.05 Å². The van der Waals surface area contributed by atoms with Gasteiger partial charge in [-0.05, 0) is 70.0 Å². The zero-order chi connectivity index (χ0) is 21.8. The zero-order valence-electron chi connectivity index (χ0n) is 16.5. The van der Waals surface area contributed by atoms with E-state index < -0.39 is 0 Å². The topological polar surface area (TPSA) is 59.8 Å². The lowest BCUT2D eigenvalue weighted by molar-refractivity contribution is 0.102. The molecule has 1 aromatic heterocycles. The molecule has 5 nitrogen and oxygen atoms in total. The van der Waals surface area contributed by atoms with E-state index in [1.165, 1.54) is 23.9 Å². The average molecular weight is 497 g/mol. The molecule has 3 aromatic carbocycles. The number of nitrogens with one attached hydrogen (secondary N) is 1. The summed E-state index contributed by atoms with van der Waals surface area (Å²) >= 11 is 4.93. The van der Waals surface area contributed by atoms with Crippen LogP contribution < -0.4 is 5.32 Å². The van der Waals surface area contributed by atoms with Gasteiger partial charge in [-0.25, -0.2) is 4.39 Å². The number of halogens is 2. The lowest BCUT2D eigenvalue weighted by Crippen LogP contribution is -2.12. The van der Waals surface area contributed by atoms with E-state index >= 15 is 0 Å². The summed E-state index contributed by atoms with van der Waals surface area (Å²) in [5.41, 5.74) is 3.17. The standard InChI is InChI=1S/C23H18BrFN4OS/c1-29-21(27-28-23(29)31-14-15-6-10-17(25)11-7-15)16-8-12-18(13-9-16)26-22(30)19-4-2-3-5-20(19)24/h2-13H,14H2,1H3,(H,26,30). The number of benzene rings is 3. The molecule has 0 radical (unpaired) electrons. The molecule has 0 saturated heterocycles. The maximum absolute atomic E-state index is 13.0. The molecular formula is C23H18BrFN4OS. The molecule has 0 fully saturated rings. The zero-order valence-corrected chi connectivity index (χ0v) is 19.0. The Labute approximate surface area is 191 Å². The van der Waals surface area contributed by atoms with Crippen LogP contribution in [0.15, 0.2) is 82.4 Å². The molecule has 1 N–H and O–H groups in total. The van der Waals surface area contributed by atoms with Crippen LogP contribution in [-0.2, 0) is 12.8 Å². The lowest BCUT2D eigenvalue weighted by Gasteiger charge is -2.08. The summed E-state index contributed by atoms with van der Waals surface area (Å²) in [4.78, 5) is 12.5. The molecule has 0 bridgehead atoms. The van der Waals surface area contributed by atoms with Gasteiger partial charge in [-0.15, -0.1) is 10.2 Å². The fourth-order valence-corrected chi connectivity index (χ4v) is 4.30. The van der Waals surface area contributed by atoms with Gasteiger partial charge in [0.25, 0.3) is 5.91 Å². The highest BCUT2D eigenvalue weighted by Gasteiger charge is 2.13. The Bertz CT molecular complexity index is 1210. The molecule has 0 spiro atoms. The van der Waals surface area contributed by atoms with Crippen LogP contribution in [0.2, 0.25) is 0 Å². The third-order valence-corrected chi connectivity index (χ3v) is 6.42. The summed E-state index contributed by atoms with van der Waals surface area (Å²) < 4.78 is 15.7. The van der Waals surface area contributed by atoms with Crippen molar-refractivity contribution >= 4 is 39.3 Å². The summed E-state index contributed by atoms with van der Waals surface area (Å²) in [5, 5.41) is 12.2. The van der Waals surface area contributed by atoms with Crippen LogP contribution in [-0.4, -0.2) is 20.7 Å². The molecule has 1 amide bonds. The van der Waals surface area contributed by atoms with Crippen LogP contribution >= 0.6 is 27.7 Å². The Hall–Kier alpha value is -2.97. The number of hydrogen-bond acceptors (Lipinski definition) is 4. The number of hydrogen-bond donors (Lipinski definition) is 1. The fourth-order valence-electron chi connectivity index (χ4n) is 2.97. The minimum absolute atomic E-state index is 0.182. The van der Waals surface area contributed by atoms with Gasteiger partial charge in [0.2, 0.25) is 0 Å². The van der Waals surface area contributed by atoms with Crippen LogP contribution in [0.4, 0.5) is 10.1 Å². The first-order valence-electron chi connectivity index (χ1n) is 9.44. The SMILES string of the molecule is Cn1c(SCc2ccc(F)cc2)nnc1-c1ccc(NC(=O)c2ccccc2Br)cc1. The van der Waals surface area contributed by atoms with E-state index in [-0.39, 0.29) is 11.7 Å². The van der Waals surface area contributed by atoms with Gasteiger partial charge >= 0.3 is 0 Å². The van der Waals surface area contributed by atoms with E-state index in [1.54, 1.807) is 18.2 Å². The molecule has 0 atom stereocenters. The van der Waals surface area contributed by atoms with E-state index in [0.29, 0.717) is 17.0 Å². The Morgan fingerprint density at radius 1 is 1.03 bits per heavy atom.